The minimum absolute atomic E-state index is 0.0678. The Kier molecular flexibility index (Phi) is 7.56. The molecule has 1 saturated carbocycles. The first-order valence-electron chi connectivity index (χ1n) is 12.0. The van der Waals surface area contributed by atoms with Crippen molar-refractivity contribution in [3.8, 4) is 0 Å². The third-order valence-electron chi connectivity index (χ3n) is 7.54. The molecule has 9 nitrogen and oxygen atoms in total. The van der Waals surface area contributed by atoms with Gasteiger partial charge in [-0.15, -0.1) is 13.2 Å². The molecule has 3 heterocycles. The zero-order valence-corrected chi connectivity index (χ0v) is 19.3. The van der Waals surface area contributed by atoms with Crippen molar-refractivity contribution in [2.75, 3.05) is 26.3 Å². The number of ether oxygens (including phenoxy) is 2. The fourth-order valence-electron chi connectivity index (χ4n) is 5.77. The number of likely N-dealkylation sites (tertiary alicyclic amines) is 1. The molecule has 6 atom stereocenters. The third kappa shape index (κ3) is 5.63. The minimum atomic E-state index is -5.08. The van der Waals surface area contributed by atoms with E-state index < -0.39 is 72.9 Å². The van der Waals surface area contributed by atoms with Crippen LogP contribution < -0.4 is 10.6 Å². The lowest BCUT2D eigenvalue weighted by Gasteiger charge is -2.31. The highest BCUT2D eigenvalue weighted by Crippen LogP contribution is 2.44. The van der Waals surface area contributed by atoms with E-state index in [1.54, 1.807) is 0 Å². The Morgan fingerprint density at radius 2 is 1.97 bits per heavy atom. The predicted octanol–water partition coefficient (Wildman–Crippen LogP) is 1.15. The van der Waals surface area contributed by atoms with E-state index in [0.29, 0.717) is 25.8 Å². The maximum absolute atomic E-state index is 14.2. The zero-order chi connectivity index (χ0) is 26.3. The van der Waals surface area contributed by atoms with E-state index in [-0.39, 0.29) is 31.4 Å². The monoisotopic (exact) mass is 525 g/mol. The summed E-state index contributed by atoms with van der Waals surface area (Å²) in [6.07, 6.45) is -5.65. The Balaban J connectivity index is 1.52. The van der Waals surface area contributed by atoms with Gasteiger partial charge < -0.3 is 20.3 Å². The summed E-state index contributed by atoms with van der Waals surface area (Å²) in [6.45, 7) is -1.29. The summed E-state index contributed by atoms with van der Waals surface area (Å²) in [6, 6.07) is -2.67. The summed E-state index contributed by atoms with van der Waals surface area (Å²) in [7, 11) is 0. The van der Waals surface area contributed by atoms with Crippen molar-refractivity contribution in [2.45, 2.75) is 69.0 Å². The molecule has 3 aliphatic heterocycles. The van der Waals surface area contributed by atoms with Gasteiger partial charge in [0.05, 0.1) is 12.6 Å². The van der Waals surface area contributed by atoms with Crippen molar-refractivity contribution in [2.24, 2.45) is 17.8 Å². The summed E-state index contributed by atoms with van der Waals surface area (Å²) in [5, 5.41) is 4.97. The Hall–Kier alpha value is -2.35. The first-order valence-corrected chi connectivity index (χ1v) is 12.0. The van der Waals surface area contributed by atoms with Crippen LogP contribution in [0.3, 0.4) is 0 Å². The highest BCUT2D eigenvalue weighted by Gasteiger charge is 2.56. The molecule has 2 N–H and O–H groups in total. The van der Waals surface area contributed by atoms with Gasteiger partial charge in [0.2, 0.25) is 11.8 Å². The first-order chi connectivity index (χ1) is 16.9. The van der Waals surface area contributed by atoms with Crippen molar-refractivity contribution in [1.29, 1.82) is 0 Å². The molecule has 0 radical (unpaired) electrons. The number of rotatable bonds is 8. The maximum Gasteiger partial charge on any atom is 0.522 e. The lowest BCUT2D eigenvalue weighted by atomic mass is 9.92. The first kappa shape index (κ1) is 26.7. The van der Waals surface area contributed by atoms with Gasteiger partial charge in [-0.05, 0) is 37.5 Å². The van der Waals surface area contributed by atoms with Gasteiger partial charge in [-0.3, -0.25) is 23.9 Å². The second-order valence-electron chi connectivity index (χ2n) is 9.83. The van der Waals surface area contributed by atoms with Crippen molar-refractivity contribution in [3.63, 3.8) is 0 Å². The average molecular weight is 525 g/mol. The predicted molar refractivity (Wildman–Crippen MR) is 110 cm³/mol. The van der Waals surface area contributed by atoms with E-state index in [2.05, 4.69) is 15.4 Å². The number of amides is 3. The number of carbonyl (C=O) groups is 4. The Labute approximate surface area is 203 Å². The molecular formula is C22H28F5N3O6. The normalized spacial score (nSPS) is 32.3. The van der Waals surface area contributed by atoms with Crippen molar-refractivity contribution < 1.29 is 50.6 Å². The molecular weight excluding hydrogens is 497 g/mol. The number of hydrogen-bond donors (Lipinski definition) is 2. The van der Waals surface area contributed by atoms with Gasteiger partial charge in [-0.25, -0.2) is 8.78 Å². The molecule has 0 spiro atoms. The smallest absolute Gasteiger partial charge is 0.362 e. The molecule has 2 unspecified atom stereocenters. The average Bonchev–Trinajstić information content (AvgIpc) is 3.55. The van der Waals surface area contributed by atoms with Crippen molar-refractivity contribution >= 4 is 23.5 Å². The fraction of sp³-hybridized carbons (Fsp3) is 0.818. The van der Waals surface area contributed by atoms with E-state index in [1.165, 1.54) is 0 Å². The number of nitrogens with zero attached hydrogens (tertiary/aromatic N) is 1. The fourth-order valence-corrected chi connectivity index (χ4v) is 5.77. The number of halogens is 5. The van der Waals surface area contributed by atoms with E-state index >= 15 is 0 Å². The molecule has 0 bridgehead atoms. The molecule has 4 aliphatic rings. The van der Waals surface area contributed by atoms with Gasteiger partial charge in [0, 0.05) is 25.4 Å². The SMILES string of the molecule is O=C(COC(F)(F)F)C(C[C@@H]1CCNC1=O)NC(=O)[C@@H]1[C@H]2CCC[C@H]2CN1C(=O)C1OCCC1(F)F. The van der Waals surface area contributed by atoms with Gasteiger partial charge in [0.15, 0.2) is 11.9 Å². The standard InChI is InChI=1S/C22H28F5N3O6/c23-21(24)5-7-35-17(21)20(34)30-9-12-2-1-3-13(12)16(30)19(33)29-14(8-11-4-6-28-18(11)32)15(31)10-36-22(25,26)27/h11-14,16-17H,1-10H2,(H,28,32)(H,29,33)/t11-,12-,13-,14?,16-,17?/m0/s1. The summed E-state index contributed by atoms with van der Waals surface area (Å²) >= 11 is 0. The van der Waals surface area contributed by atoms with Crippen LogP contribution >= 0.6 is 0 Å². The van der Waals surface area contributed by atoms with E-state index in [1.807, 2.05) is 0 Å². The number of alkyl halides is 5. The second kappa shape index (κ2) is 10.2. The molecule has 202 valence electrons. The van der Waals surface area contributed by atoms with Gasteiger partial charge in [-0.2, -0.15) is 0 Å². The van der Waals surface area contributed by atoms with Crippen LogP contribution in [0.1, 0.15) is 38.5 Å². The Morgan fingerprint density at radius 3 is 2.58 bits per heavy atom. The summed E-state index contributed by atoms with van der Waals surface area (Å²) in [5.74, 6) is -7.90. The zero-order valence-electron chi connectivity index (χ0n) is 19.3. The molecule has 0 aromatic rings. The van der Waals surface area contributed by atoms with Crippen LogP contribution in [0.2, 0.25) is 0 Å². The van der Waals surface area contributed by atoms with Crippen LogP contribution in [-0.4, -0.2) is 85.2 Å². The molecule has 3 saturated heterocycles. The molecule has 14 heteroatoms. The number of carbonyl (C=O) groups excluding carboxylic acids is 4. The lowest BCUT2D eigenvalue weighted by Crippen LogP contribution is -2.56. The lowest BCUT2D eigenvalue weighted by molar-refractivity contribution is -0.321. The number of fused-ring (bicyclic) bond motifs is 1. The molecule has 36 heavy (non-hydrogen) atoms. The third-order valence-corrected chi connectivity index (χ3v) is 7.54. The highest BCUT2D eigenvalue weighted by atomic mass is 19.4. The van der Waals surface area contributed by atoms with Crippen LogP contribution in [0.25, 0.3) is 0 Å². The second-order valence-corrected chi connectivity index (χ2v) is 9.83. The summed E-state index contributed by atoms with van der Waals surface area (Å²) < 4.78 is 74.6. The highest BCUT2D eigenvalue weighted by molar-refractivity contribution is 5.95. The number of ketones is 1. The molecule has 3 amide bonds. The largest absolute Gasteiger partial charge is 0.522 e. The minimum Gasteiger partial charge on any atom is -0.362 e. The number of nitrogens with one attached hydrogen (secondary N) is 2. The quantitative estimate of drug-likeness (QED) is 0.460. The van der Waals surface area contributed by atoms with Crippen LogP contribution in [0, 0.1) is 17.8 Å². The Morgan fingerprint density at radius 1 is 1.22 bits per heavy atom. The molecule has 4 fully saturated rings. The number of Topliss-reactive ketones (excluding diaryl/α,β-unsaturated/α-hetero) is 1. The molecule has 4 rings (SSSR count). The maximum atomic E-state index is 14.2. The van der Waals surface area contributed by atoms with Crippen molar-refractivity contribution in [3.05, 3.63) is 0 Å². The van der Waals surface area contributed by atoms with Gasteiger partial charge in [0.1, 0.15) is 12.6 Å². The van der Waals surface area contributed by atoms with Gasteiger partial charge in [0.25, 0.3) is 11.8 Å². The van der Waals surface area contributed by atoms with Gasteiger partial charge >= 0.3 is 6.36 Å². The molecule has 1 aliphatic carbocycles. The van der Waals surface area contributed by atoms with E-state index in [0.717, 1.165) is 11.3 Å². The van der Waals surface area contributed by atoms with Crippen LogP contribution in [0.5, 0.6) is 0 Å². The van der Waals surface area contributed by atoms with Crippen LogP contribution in [0.15, 0.2) is 0 Å². The Bertz CT molecular complexity index is 900. The number of hydrogen-bond acceptors (Lipinski definition) is 6. The van der Waals surface area contributed by atoms with Crippen LogP contribution in [-0.2, 0) is 28.7 Å². The van der Waals surface area contributed by atoms with Gasteiger partial charge in [-0.1, -0.05) is 6.42 Å². The molecule has 0 aromatic carbocycles. The van der Waals surface area contributed by atoms with Crippen molar-refractivity contribution in [1.82, 2.24) is 15.5 Å². The van der Waals surface area contributed by atoms with E-state index in [4.69, 9.17) is 4.74 Å². The summed E-state index contributed by atoms with van der Waals surface area (Å²) in [4.78, 5) is 52.1. The topological polar surface area (TPSA) is 114 Å². The molecule has 0 aromatic heterocycles. The van der Waals surface area contributed by atoms with Crippen LogP contribution in [0.4, 0.5) is 22.0 Å². The van der Waals surface area contributed by atoms with E-state index in [9.17, 15) is 41.1 Å². The summed E-state index contributed by atoms with van der Waals surface area (Å²) in [5.41, 5.74) is 0.